The van der Waals surface area contributed by atoms with Crippen LogP contribution in [-0.2, 0) is 0 Å². The second-order valence-electron chi connectivity index (χ2n) is 5.18. The van der Waals surface area contributed by atoms with Gasteiger partial charge in [0, 0.05) is 12.1 Å². The molecule has 92 valence electrons. The molecule has 0 rings (SSSR count). The van der Waals surface area contributed by atoms with Gasteiger partial charge < -0.3 is 10.6 Å². The van der Waals surface area contributed by atoms with Gasteiger partial charge in [-0.25, -0.2) is 0 Å². The molecule has 0 aliphatic heterocycles. The van der Waals surface area contributed by atoms with Crippen LogP contribution in [0.4, 0.5) is 0 Å². The van der Waals surface area contributed by atoms with Crippen LogP contribution in [0.3, 0.4) is 0 Å². The maximum Gasteiger partial charge on any atom is 0.0246 e. The number of nitrogens with one attached hydrogen (secondary N) is 2. The minimum absolute atomic E-state index is 0.211. The molecule has 2 nitrogen and oxygen atoms in total. The first-order chi connectivity index (χ1) is 7.05. The van der Waals surface area contributed by atoms with Gasteiger partial charge in [-0.1, -0.05) is 33.1 Å². The standard InChI is InChI=1S/C13H30N2/c1-6-8-9-12(7-2)10-15-11-13(3,4)14-5/h12,14-15H,6-11H2,1-5H3. The molecule has 0 fully saturated rings. The van der Waals surface area contributed by atoms with Crippen LogP contribution in [0.1, 0.15) is 53.4 Å². The summed E-state index contributed by atoms with van der Waals surface area (Å²) in [5.74, 6) is 0.859. The molecule has 0 aliphatic rings. The highest BCUT2D eigenvalue weighted by molar-refractivity contribution is 4.78. The summed E-state index contributed by atoms with van der Waals surface area (Å²) in [6, 6.07) is 0. The zero-order chi connectivity index (χ0) is 11.7. The topological polar surface area (TPSA) is 24.1 Å². The van der Waals surface area contributed by atoms with E-state index in [1.54, 1.807) is 0 Å². The molecule has 0 aromatic carbocycles. The van der Waals surface area contributed by atoms with Crippen molar-refractivity contribution in [2.24, 2.45) is 5.92 Å². The molecule has 2 N–H and O–H groups in total. The second-order valence-corrected chi connectivity index (χ2v) is 5.18. The van der Waals surface area contributed by atoms with Crippen molar-refractivity contribution in [3.05, 3.63) is 0 Å². The molecule has 0 amide bonds. The molecule has 0 saturated carbocycles. The van der Waals surface area contributed by atoms with Gasteiger partial charge >= 0.3 is 0 Å². The predicted molar refractivity (Wildman–Crippen MR) is 69.3 cm³/mol. The van der Waals surface area contributed by atoms with Crippen molar-refractivity contribution in [1.82, 2.24) is 10.6 Å². The lowest BCUT2D eigenvalue weighted by Crippen LogP contribution is -2.46. The molecule has 0 aliphatic carbocycles. The second kappa shape index (κ2) is 8.12. The molecule has 0 aromatic heterocycles. The Bertz CT molecular complexity index is 143. The molecule has 0 heterocycles. The predicted octanol–water partition coefficient (Wildman–Crippen LogP) is 2.79. The summed E-state index contributed by atoms with van der Waals surface area (Å²) in [5.41, 5.74) is 0.211. The highest BCUT2D eigenvalue weighted by atomic mass is 15.0. The maximum absolute atomic E-state index is 3.57. The third-order valence-electron chi connectivity index (χ3n) is 3.22. The fourth-order valence-electron chi connectivity index (χ4n) is 1.62. The van der Waals surface area contributed by atoms with Crippen molar-refractivity contribution >= 4 is 0 Å². The molecule has 0 saturated heterocycles. The normalized spacial score (nSPS) is 14.2. The van der Waals surface area contributed by atoms with E-state index in [4.69, 9.17) is 0 Å². The van der Waals surface area contributed by atoms with E-state index in [0.29, 0.717) is 0 Å². The molecule has 15 heavy (non-hydrogen) atoms. The highest BCUT2D eigenvalue weighted by Gasteiger charge is 2.14. The maximum atomic E-state index is 3.57. The number of hydrogen-bond donors (Lipinski definition) is 2. The van der Waals surface area contributed by atoms with Gasteiger partial charge in [0.05, 0.1) is 0 Å². The fraction of sp³-hybridized carbons (Fsp3) is 1.00. The van der Waals surface area contributed by atoms with Crippen LogP contribution >= 0.6 is 0 Å². The molecular formula is C13H30N2. The van der Waals surface area contributed by atoms with E-state index in [1.807, 2.05) is 7.05 Å². The monoisotopic (exact) mass is 214 g/mol. The minimum Gasteiger partial charge on any atom is -0.315 e. The van der Waals surface area contributed by atoms with Gasteiger partial charge in [-0.2, -0.15) is 0 Å². The Balaban J connectivity index is 3.62. The Labute approximate surface area is 96.2 Å². The first kappa shape index (κ1) is 14.9. The fourth-order valence-corrected chi connectivity index (χ4v) is 1.62. The van der Waals surface area contributed by atoms with Crippen molar-refractivity contribution in [3.63, 3.8) is 0 Å². The van der Waals surface area contributed by atoms with Crippen LogP contribution in [0.25, 0.3) is 0 Å². The Hall–Kier alpha value is -0.0800. The molecule has 0 spiro atoms. The largest absolute Gasteiger partial charge is 0.315 e. The van der Waals surface area contributed by atoms with Crippen molar-refractivity contribution in [1.29, 1.82) is 0 Å². The number of hydrogen-bond acceptors (Lipinski definition) is 2. The summed E-state index contributed by atoms with van der Waals surface area (Å²) in [4.78, 5) is 0. The highest BCUT2D eigenvalue weighted by Crippen LogP contribution is 2.11. The molecule has 0 aromatic rings. The summed E-state index contributed by atoms with van der Waals surface area (Å²) in [7, 11) is 2.02. The van der Waals surface area contributed by atoms with Gasteiger partial charge in [-0.05, 0) is 39.8 Å². The molecule has 1 unspecified atom stereocenters. The third-order valence-corrected chi connectivity index (χ3v) is 3.22. The SMILES string of the molecule is CCCCC(CC)CNCC(C)(C)NC. The molecule has 1 atom stereocenters. The van der Waals surface area contributed by atoms with E-state index >= 15 is 0 Å². The lowest BCUT2D eigenvalue weighted by atomic mass is 9.98. The molecule has 2 heteroatoms. The van der Waals surface area contributed by atoms with Gasteiger partial charge in [0.2, 0.25) is 0 Å². The summed E-state index contributed by atoms with van der Waals surface area (Å²) < 4.78 is 0. The Morgan fingerprint density at radius 1 is 1.20 bits per heavy atom. The minimum atomic E-state index is 0.211. The van der Waals surface area contributed by atoms with Crippen LogP contribution in [0.15, 0.2) is 0 Å². The number of likely N-dealkylation sites (N-methyl/N-ethyl adjacent to an activating group) is 1. The van der Waals surface area contributed by atoms with Gasteiger partial charge in [0.25, 0.3) is 0 Å². The van der Waals surface area contributed by atoms with E-state index in [9.17, 15) is 0 Å². The van der Waals surface area contributed by atoms with E-state index in [2.05, 4.69) is 38.3 Å². The van der Waals surface area contributed by atoms with E-state index in [0.717, 1.165) is 12.5 Å². The van der Waals surface area contributed by atoms with Gasteiger partial charge in [0.1, 0.15) is 0 Å². The number of unbranched alkanes of at least 4 members (excludes halogenated alkanes) is 1. The number of rotatable bonds is 9. The lowest BCUT2D eigenvalue weighted by Gasteiger charge is -2.26. The zero-order valence-electron chi connectivity index (χ0n) is 11.3. The zero-order valence-corrected chi connectivity index (χ0v) is 11.3. The van der Waals surface area contributed by atoms with Crippen LogP contribution < -0.4 is 10.6 Å². The van der Waals surface area contributed by atoms with E-state index in [1.165, 1.54) is 32.2 Å². The first-order valence-corrected chi connectivity index (χ1v) is 6.45. The average molecular weight is 214 g/mol. The lowest BCUT2D eigenvalue weighted by molar-refractivity contribution is 0.356. The van der Waals surface area contributed by atoms with Crippen LogP contribution in [0.2, 0.25) is 0 Å². The quantitative estimate of drug-likeness (QED) is 0.617. The van der Waals surface area contributed by atoms with Gasteiger partial charge in [-0.3, -0.25) is 0 Å². The Morgan fingerprint density at radius 3 is 2.33 bits per heavy atom. The Morgan fingerprint density at radius 2 is 1.87 bits per heavy atom. The van der Waals surface area contributed by atoms with Crippen LogP contribution in [0, 0.1) is 5.92 Å². The molecule has 0 radical (unpaired) electrons. The van der Waals surface area contributed by atoms with Crippen LogP contribution in [-0.4, -0.2) is 25.7 Å². The summed E-state index contributed by atoms with van der Waals surface area (Å²) in [6.45, 7) is 11.2. The van der Waals surface area contributed by atoms with Crippen molar-refractivity contribution < 1.29 is 0 Å². The van der Waals surface area contributed by atoms with E-state index in [-0.39, 0.29) is 5.54 Å². The average Bonchev–Trinajstić information content (AvgIpc) is 2.23. The third kappa shape index (κ3) is 7.80. The Kier molecular flexibility index (Phi) is 8.07. The summed E-state index contributed by atoms with van der Waals surface area (Å²) >= 11 is 0. The van der Waals surface area contributed by atoms with E-state index < -0.39 is 0 Å². The van der Waals surface area contributed by atoms with Crippen molar-refractivity contribution in [2.75, 3.05) is 20.1 Å². The first-order valence-electron chi connectivity index (χ1n) is 6.45. The smallest absolute Gasteiger partial charge is 0.0246 e. The van der Waals surface area contributed by atoms with Crippen molar-refractivity contribution in [2.45, 2.75) is 58.9 Å². The van der Waals surface area contributed by atoms with Crippen LogP contribution in [0.5, 0.6) is 0 Å². The van der Waals surface area contributed by atoms with Crippen molar-refractivity contribution in [3.8, 4) is 0 Å². The summed E-state index contributed by atoms with van der Waals surface area (Å²) in [5, 5.41) is 6.89. The molecule has 0 bridgehead atoms. The van der Waals surface area contributed by atoms with Gasteiger partial charge in [-0.15, -0.1) is 0 Å². The van der Waals surface area contributed by atoms with Gasteiger partial charge in [0.15, 0.2) is 0 Å². The molecular weight excluding hydrogens is 184 g/mol. The summed E-state index contributed by atoms with van der Waals surface area (Å²) in [6.07, 6.45) is 5.36.